The number of imidazole rings is 1. The SMILES string of the molecule is Cc1cc(NCc2ccc(Cl)c(Cl)c2)n2c(nc3ccccc32)c1C#N. The smallest absolute Gasteiger partial charge is 0.157 e. The highest BCUT2D eigenvalue weighted by Gasteiger charge is 2.14. The Morgan fingerprint density at radius 2 is 1.92 bits per heavy atom. The summed E-state index contributed by atoms with van der Waals surface area (Å²) in [6.45, 7) is 2.49. The van der Waals surface area contributed by atoms with Crippen LogP contribution in [-0.4, -0.2) is 9.38 Å². The molecule has 2 heterocycles. The van der Waals surface area contributed by atoms with E-state index in [9.17, 15) is 5.26 Å². The molecule has 0 aliphatic rings. The summed E-state index contributed by atoms with van der Waals surface area (Å²) < 4.78 is 1.98. The van der Waals surface area contributed by atoms with Crippen molar-refractivity contribution in [3.8, 4) is 6.07 Å². The van der Waals surface area contributed by atoms with Crippen LogP contribution >= 0.6 is 23.2 Å². The molecule has 6 heteroatoms. The van der Waals surface area contributed by atoms with Gasteiger partial charge in [-0.25, -0.2) is 4.98 Å². The van der Waals surface area contributed by atoms with Crippen LogP contribution in [0.4, 0.5) is 5.82 Å². The molecule has 0 amide bonds. The summed E-state index contributed by atoms with van der Waals surface area (Å²) in [4.78, 5) is 4.65. The van der Waals surface area contributed by atoms with E-state index in [1.807, 2.05) is 53.8 Å². The Kier molecular flexibility index (Phi) is 4.20. The fourth-order valence-corrected chi connectivity index (χ4v) is 3.39. The zero-order valence-corrected chi connectivity index (χ0v) is 15.4. The maximum absolute atomic E-state index is 9.55. The number of nitrogens with one attached hydrogen (secondary N) is 1. The van der Waals surface area contributed by atoms with Crippen LogP contribution in [0.1, 0.15) is 16.7 Å². The van der Waals surface area contributed by atoms with E-state index in [1.165, 1.54) is 0 Å². The van der Waals surface area contributed by atoms with Gasteiger partial charge >= 0.3 is 0 Å². The number of aryl methyl sites for hydroxylation is 1. The number of benzene rings is 2. The molecule has 26 heavy (non-hydrogen) atoms. The Morgan fingerprint density at radius 3 is 2.69 bits per heavy atom. The monoisotopic (exact) mass is 380 g/mol. The first-order chi connectivity index (χ1) is 12.6. The second-order valence-corrected chi connectivity index (χ2v) is 6.88. The summed E-state index contributed by atoms with van der Waals surface area (Å²) in [5.74, 6) is 0.872. The van der Waals surface area contributed by atoms with E-state index in [2.05, 4.69) is 16.4 Å². The Labute approximate surface area is 160 Å². The van der Waals surface area contributed by atoms with Crippen molar-refractivity contribution in [2.24, 2.45) is 0 Å². The minimum absolute atomic E-state index is 0.528. The third kappa shape index (κ3) is 2.76. The topological polar surface area (TPSA) is 53.1 Å². The minimum Gasteiger partial charge on any atom is -0.367 e. The van der Waals surface area contributed by atoms with Gasteiger partial charge in [0.05, 0.1) is 26.6 Å². The van der Waals surface area contributed by atoms with E-state index in [-0.39, 0.29) is 0 Å². The molecule has 0 unspecified atom stereocenters. The van der Waals surface area contributed by atoms with E-state index < -0.39 is 0 Å². The molecule has 2 aromatic heterocycles. The largest absolute Gasteiger partial charge is 0.367 e. The molecule has 1 N–H and O–H groups in total. The number of rotatable bonds is 3. The van der Waals surface area contributed by atoms with Crippen LogP contribution in [0.5, 0.6) is 0 Å². The van der Waals surface area contributed by atoms with Gasteiger partial charge in [0.2, 0.25) is 0 Å². The van der Waals surface area contributed by atoms with Crippen LogP contribution in [0.3, 0.4) is 0 Å². The molecule has 0 atom stereocenters. The molecule has 0 saturated carbocycles. The predicted octanol–water partition coefficient (Wildman–Crippen LogP) is 5.59. The first-order valence-corrected chi connectivity index (χ1v) is 8.83. The van der Waals surface area contributed by atoms with Crippen LogP contribution < -0.4 is 5.32 Å². The summed E-state index contributed by atoms with van der Waals surface area (Å²) in [5, 5.41) is 14.0. The number of pyridine rings is 1. The molecular weight excluding hydrogens is 367 g/mol. The molecular formula is C20H14Cl2N4. The van der Waals surface area contributed by atoms with Crippen molar-refractivity contribution in [1.82, 2.24) is 9.38 Å². The van der Waals surface area contributed by atoms with Gasteiger partial charge in [-0.15, -0.1) is 0 Å². The molecule has 0 spiro atoms. The molecule has 0 aliphatic heterocycles. The molecule has 4 aromatic rings. The van der Waals surface area contributed by atoms with Gasteiger partial charge in [-0.05, 0) is 48.4 Å². The second kappa shape index (κ2) is 6.53. The van der Waals surface area contributed by atoms with Crippen molar-refractivity contribution in [1.29, 1.82) is 5.26 Å². The van der Waals surface area contributed by atoms with E-state index in [0.717, 1.165) is 28.0 Å². The molecule has 4 rings (SSSR count). The van der Waals surface area contributed by atoms with Crippen molar-refractivity contribution in [2.45, 2.75) is 13.5 Å². The van der Waals surface area contributed by atoms with Crippen molar-refractivity contribution < 1.29 is 0 Å². The van der Waals surface area contributed by atoms with Gasteiger partial charge in [-0.1, -0.05) is 41.4 Å². The fraction of sp³-hybridized carbons (Fsp3) is 0.100. The summed E-state index contributed by atoms with van der Waals surface area (Å²) in [6, 6.07) is 17.6. The molecule has 0 saturated heterocycles. The Hall–Kier alpha value is -2.74. The van der Waals surface area contributed by atoms with Crippen molar-refractivity contribution in [3.05, 3.63) is 75.3 Å². The zero-order valence-electron chi connectivity index (χ0n) is 13.9. The van der Waals surface area contributed by atoms with Crippen LogP contribution in [0, 0.1) is 18.3 Å². The van der Waals surface area contributed by atoms with E-state index >= 15 is 0 Å². The number of halogens is 2. The van der Waals surface area contributed by atoms with Crippen LogP contribution in [-0.2, 0) is 6.54 Å². The Morgan fingerprint density at radius 1 is 1.12 bits per heavy atom. The van der Waals surface area contributed by atoms with Crippen LogP contribution in [0.15, 0.2) is 48.5 Å². The highest BCUT2D eigenvalue weighted by Crippen LogP contribution is 2.27. The number of fused-ring (bicyclic) bond motifs is 3. The number of hydrogen-bond donors (Lipinski definition) is 1. The first kappa shape index (κ1) is 16.7. The Balaban J connectivity index is 1.84. The van der Waals surface area contributed by atoms with Gasteiger partial charge in [-0.2, -0.15) is 5.26 Å². The standard InChI is InChI=1S/C20H14Cl2N4/c1-12-8-19(24-11-13-6-7-15(21)16(22)9-13)26-18-5-3-2-4-17(18)25-20(26)14(12)10-23/h2-9,24H,11H2,1H3. The highest BCUT2D eigenvalue weighted by atomic mass is 35.5. The summed E-state index contributed by atoms with van der Waals surface area (Å²) >= 11 is 12.1. The average molecular weight is 381 g/mol. The number of hydrogen-bond acceptors (Lipinski definition) is 3. The summed E-state index contributed by atoms with van der Waals surface area (Å²) in [7, 11) is 0. The number of para-hydroxylation sites is 2. The van der Waals surface area contributed by atoms with Gasteiger partial charge in [0.15, 0.2) is 5.65 Å². The molecule has 2 aromatic carbocycles. The molecule has 4 nitrogen and oxygen atoms in total. The summed E-state index contributed by atoms with van der Waals surface area (Å²) in [6.07, 6.45) is 0. The third-order valence-electron chi connectivity index (χ3n) is 4.34. The van der Waals surface area contributed by atoms with Crippen molar-refractivity contribution >= 4 is 45.7 Å². The van der Waals surface area contributed by atoms with E-state index in [0.29, 0.717) is 27.8 Å². The number of aromatic nitrogens is 2. The molecule has 0 radical (unpaired) electrons. The number of anilines is 1. The lowest BCUT2D eigenvalue weighted by Crippen LogP contribution is -2.06. The first-order valence-electron chi connectivity index (χ1n) is 8.07. The maximum atomic E-state index is 9.55. The third-order valence-corrected chi connectivity index (χ3v) is 5.08. The second-order valence-electron chi connectivity index (χ2n) is 6.06. The quantitative estimate of drug-likeness (QED) is 0.504. The lowest BCUT2D eigenvalue weighted by molar-refractivity contribution is 1.08. The lowest BCUT2D eigenvalue weighted by Gasteiger charge is -2.13. The van der Waals surface area contributed by atoms with Crippen molar-refractivity contribution in [3.63, 3.8) is 0 Å². The molecule has 0 aliphatic carbocycles. The highest BCUT2D eigenvalue weighted by molar-refractivity contribution is 6.42. The average Bonchev–Trinajstić information content (AvgIpc) is 3.02. The van der Waals surface area contributed by atoms with Crippen LogP contribution in [0.2, 0.25) is 10.0 Å². The van der Waals surface area contributed by atoms with Gasteiger partial charge in [-0.3, -0.25) is 4.40 Å². The number of nitrogens with zero attached hydrogens (tertiary/aromatic N) is 3. The molecule has 128 valence electrons. The normalized spacial score (nSPS) is 11.0. The van der Waals surface area contributed by atoms with E-state index in [1.54, 1.807) is 6.07 Å². The predicted molar refractivity (Wildman–Crippen MR) is 106 cm³/mol. The van der Waals surface area contributed by atoms with Gasteiger partial charge < -0.3 is 5.32 Å². The van der Waals surface area contributed by atoms with Gasteiger partial charge in [0.25, 0.3) is 0 Å². The van der Waals surface area contributed by atoms with E-state index in [4.69, 9.17) is 23.2 Å². The zero-order chi connectivity index (χ0) is 18.3. The van der Waals surface area contributed by atoms with Gasteiger partial charge in [0.1, 0.15) is 11.9 Å². The lowest BCUT2D eigenvalue weighted by atomic mass is 10.1. The maximum Gasteiger partial charge on any atom is 0.157 e. The Bertz CT molecular complexity index is 1190. The minimum atomic E-state index is 0.528. The fourth-order valence-electron chi connectivity index (χ4n) is 3.07. The van der Waals surface area contributed by atoms with Crippen molar-refractivity contribution in [2.75, 3.05) is 5.32 Å². The number of nitriles is 1. The molecule has 0 bridgehead atoms. The van der Waals surface area contributed by atoms with Gasteiger partial charge in [0, 0.05) is 6.54 Å². The van der Waals surface area contributed by atoms with Crippen LogP contribution in [0.25, 0.3) is 16.7 Å². The summed E-state index contributed by atoms with van der Waals surface area (Å²) in [5.41, 5.74) is 4.94. The molecule has 0 fully saturated rings.